The molecule has 2 N–H and O–H groups in total. The molecule has 3 aromatic rings. The van der Waals surface area contributed by atoms with Crippen molar-refractivity contribution < 1.29 is 23.9 Å². The van der Waals surface area contributed by atoms with Crippen molar-refractivity contribution in [1.82, 2.24) is 15.2 Å². The molecule has 0 aliphatic heterocycles. The molecule has 0 radical (unpaired) electrons. The lowest BCUT2D eigenvalue weighted by Crippen LogP contribution is -2.51. The molecule has 200 valence electrons. The minimum Gasteiger partial charge on any atom is -0.457 e. The number of esters is 1. The van der Waals surface area contributed by atoms with E-state index in [1.807, 2.05) is 49.0 Å². The molecule has 1 aromatic heterocycles. The monoisotopic (exact) mass is 517 g/mol. The van der Waals surface area contributed by atoms with Crippen molar-refractivity contribution in [2.45, 2.75) is 57.5 Å². The van der Waals surface area contributed by atoms with Gasteiger partial charge in [-0.05, 0) is 37.5 Å². The average Bonchev–Trinajstić information content (AvgIpc) is 3.56. The van der Waals surface area contributed by atoms with E-state index in [9.17, 15) is 19.2 Å². The molecule has 8 heteroatoms. The minimum atomic E-state index is -0.724. The Balaban J connectivity index is 1.39. The number of Topliss-reactive ketones (excluding diaryl/α,β-unsaturated/α-hetero) is 1. The zero-order valence-electron chi connectivity index (χ0n) is 21.9. The Bertz CT molecular complexity index is 1300. The van der Waals surface area contributed by atoms with Crippen molar-refractivity contribution in [2.24, 2.45) is 13.0 Å². The lowest BCUT2D eigenvalue weighted by Gasteiger charge is -2.24. The van der Waals surface area contributed by atoms with Crippen LogP contribution in [0.15, 0.2) is 60.8 Å². The molecule has 4 rings (SSSR count). The molecule has 1 fully saturated rings. The number of aromatic nitrogens is 1. The SMILES string of the molecule is CCCC[C@H](NC(=O)c1cccc2c1ccn2C)C(=O)N[C@H]1CCC[C@H]1C(=O)OCC(=O)c1ccccc1. The van der Waals surface area contributed by atoms with E-state index in [1.54, 1.807) is 30.3 Å². The van der Waals surface area contributed by atoms with Crippen molar-refractivity contribution in [2.75, 3.05) is 6.61 Å². The predicted octanol–water partition coefficient (Wildman–Crippen LogP) is 4.18. The quantitative estimate of drug-likeness (QED) is 0.293. The molecule has 0 unspecified atom stereocenters. The first-order chi connectivity index (χ1) is 18.4. The summed E-state index contributed by atoms with van der Waals surface area (Å²) < 4.78 is 7.28. The van der Waals surface area contributed by atoms with Crippen LogP contribution in [0.4, 0.5) is 0 Å². The summed E-state index contributed by atoms with van der Waals surface area (Å²) in [6.07, 6.45) is 6.01. The molecule has 1 saturated carbocycles. The first-order valence-electron chi connectivity index (χ1n) is 13.3. The maximum atomic E-state index is 13.3. The van der Waals surface area contributed by atoms with Crippen molar-refractivity contribution in [3.8, 4) is 0 Å². The Morgan fingerprint density at radius 1 is 1.03 bits per heavy atom. The maximum absolute atomic E-state index is 13.3. The van der Waals surface area contributed by atoms with Crippen molar-refractivity contribution in [1.29, 1.82) is 0 Å². The van der Waals surface area contributed by atoms with Crippen LogP contribution in [0, 0.1) is 5.92 Å². The van der Waals surface area contributed by atoms with Crippen LogP contribution in [-0.4, -0.2) is 46.8 Å². The lowest BCUT2D eigenvalue weighted by atomic mass is 10.0. The minimum absolute atomic E-state index is 0.270. The van der Waals surface area contributed by atoms with Crippen molar-refractivity contribution in [3.63, 3.8) is 0 Å². The van der Waals surface area contributed by atoms with Crippen LogP contribution in [0.1, 0.15) is 66.2 Å². The number of carbonyl (C=O) groups excluding carboxylic acids is 4. The Hall–Kier alpha value is -3.94. The Morgan fingerprint density at radius 2 is 1.82 bits per heavy atom. The van der Waals surface area contributed by atoms with Gasteiger partial charge >= 0.3 is 5.97 Å². The Morgan fingerprint density at radius 3 is 2.58 bits per heavy atom. The van der Waals surface area contributed by atoms with Crippen LogP contribution >= 0.6 is 0 Å². The summed E-state index contributed by atoms with van der Waals surface area (Å²) in [6, 6.07) is 15.0. The van der Waals surface area contributed by atoms with E-state index in [0.717, 1.165) is 30.2 Å². The van der Waals surface area contributed by atoms with Crippen LogP contribution in [-0.2, 0) is 21.4 Å². The fourth-order valence-corrected chi connectivity index (χ4v) is 5.06. The second-order valence-electron chi connectivity index (χ2n) is 9.88. The molecule has 0 bridgehead atoms. The molecule has 0 saturated heterocycles. The third-order valence-electron chi connectivity index (χ3n) is 7.23. The van der Waals surface area contributed by atoms with E-state index < -0.39 is 24.0 Å². The summed E-state index contributed by atoms with van der Waals surface area (Å²) in [5.74, 6) is -1.89. The average molecular weight is 518 g/mol. The molecule has 1 aliphatic carbocycles. The number of ether oxygens (including phenoxy) is 1. The van der Waals surface area contributed by atoms with Crippen LogP contribution in [0.2, 0.25) is 0 Å². The number of fused-ring (bicyclic) bond motifs is 1. The molecule has 2 aromatic carbocycles. The van der Waals surface area contributed by atoms with E-state index in [-0.39, 0.29) is 24.2 Å². The predicted molar refractivity (Wildman–Crippen MR) is 145 cm³/mol. The number of rotatable bonds is 11. The number of carbonyl (C=O) groups is 4. The van der Waals surface area contributed by atoms with Gasteiger partial charge in [0.25, 0.3) is 5.91 Å². The van der Waals surface area contributed by atoms with Gasteiger partial charge in [-0.1, -0.05) is 62.6 Å². The molecule has 0 spiro atoms. The summed E-state index contributed by atoms with van der Waals surface area (Å²) in [5, 5.41) is 6.74. The molecular formula is C30H35N3O5. The normalized spacial score (nSPS) is 17.6. The third kappa shape index (κ3) is 6.30. The van der Waals surface area contributed by atoms with Gasteiger partial charge in [-0.2, -0.15) is 0 Å². The fourth-order valence-electron chi connectivity index (χ4n) is 5.06. The second-order valence-corrected chi connectivity index (χ2v) is 9.88. The van der Waals surface area contributed by atoms with E-state index in [2.05, 4.69) is 10.6 Å². The summed E-state index contributed by atoms with van der Waals surface area (Å²) in [5.41, 5.74) is 1.94. The summed E-state index contributed by atoms with van der Waals surface area (Å²) in [7, 11) is 1.92. The lowest BCUT2D eigenvalue weighted by molar-refractivity contribution is -0.148. The van der Waals surface area contributed by atoms with Crippen molar-refractivity contribution in [3.05, 3.63) is 71.9 Å². The number of amides is 2. The van der Waals surface area contributed by atoms with Gasteiger partial charge in [0.15, 0.2) is 12.4 Å². The van der Waals surface area contributed by atoms with Gasteiger partial charge < -0.3 is 19.9 Å². The standard InChI is InChI=1S/C30H35N3O5/c1-3-4-14-25(32-28(35)22-12-9-16-26-21(22)17-18-33(26)2)29(36)31-24-15-8-13-23(24)30(37)38-19-27(34)20-10-6-5-7-11-20/h5-7,9-12,16-18,23-25H,3-4,8,13-15,19H2,1-2H3,(H,31,36)(H,32,35)/t23-,24+,25+/m1/s1. The number of ketones is 1. The van der Waals surface area contributed by atoms with Crippen LogP contribution < -0.4 is 10.6 Å². The van der Waals surface area contributed by atoms with E-state index in [1.165, 1.54) is 0 Å². The first-order valence-corrected chi connectivity index (χ1v) is 13.3. The molecule has 38 heavy (non-hydrogen) atoms. The summed E-state index contributed by atoms with van der Waals surface area (Å²) >= 11 is 0. The van der Waals surface area contributed by atoms with Crippen LogP contribution in [0.25, 0.3) is 10.9 Å². The molecule has 8 nitrogen and oxygen atoms in total. The van der Waals surface area contributed by atoms with E-state index >= 15 is 0 Å². The van der Waals surface area contributed by atoms with E-state index in [0.29, 0.717) is 30.4 Å². The topological polar surface area (TPSA) is 106 Å². The van der Waals surface area contributed by atoms with Gasteiger partial charge in [0.2, 0.25) is 5.91 Å². The highest BCUT2D eigenvalue weighted by molar-refractivity contribution is 6.07. The van der Waals surface area contributed by atoms with Crippen LogP contribution in [0.3, 0.4) is 0 Å². The highest BCUT2D eigenvalue weighted by atomic mass is 16.5. The third-order valence-corrected chi connectivity index (χ3v) is 7.23. The second kappa shape index (κ2) is 12.5. The zero-order valence-corrected chi connectivity index (χ0v) is 21.9. The Kier molecular flexibility index (Phi) is 8.94. The van der Waals surface area contributed by atoms with Gasteiger partial charge in [-0.3, -0.25) is 19.2 Å². The Labute approximate surface area is 222 Å². The number of nitrogens with one attached hydrogen (secondary N) is 2. The number of nitrogens with zero attached hydrogens (tertiary/aromatic N) is 1. The van der Waals surface area contributed by atoms with Gasteiger partial charge in [0, 0.05) is 41.3 Å². The number of unbranched alkanes of at least 4 members (excludes halogenated alkanes) is 1. The highest BCUT2D eigenvalue weighted by Gasteiger charge is 2.37. The summed E-state index contributed by atoms with van der Waals surface area (Å²) in [4.78, 5) is 51.7. The number of hydrogen-bond donors (Lipinski definition) is 2. The van der Waals surface area contributed by atoms with Gasteiger partial charge in [-0.25, -0.2) is 0 Å². The fraction of sp³-hybridized carbons (Fsp3) is 0.400. The molecule has 2 amide bonds. The number of benzene rings is 2. The molecule has 1 heterocycles. The van der Waals surface area contributed by atoms with Gasteiger partial charge in [0.05, 0.1) is 5.92 Å². The first kappa shape index (κ1) is 27.1. The maximum Gasteiger partial charge on any atom is 0.311 e. The highest BCUT2D eigenvalue weighted by Crippen LogP contribution is 2.27. The number of aryl methyl sites for hydroxylation is 1. The zero-order chi connectivity index (χ0) is 27.1. The largest absolute Gasteiger partial charge is 0.457 e. The van der Waals surface area contributed by atoms with Crippen molar-refractivity contribution >= 4 is 34.5 Å². The molecule has 3 atom stereocenters. The smallest absolute Gasteiger partial charge is 0.311 e. The van der Waals surface area contributed by atoms with Gasteiger partial charge in [-0.15, -0.1) is 0 Å². The number of hydrogen-bond acceptors (Lipinski definition) is 5. The van der Waals surface area contributed by atoms with Crippen LogP contribution in [0.5, 0.6) is 0 Å². The molecular weight excluding hydrogens is 482 g/mol. The molecule has 1 aliphatic rings. The van der Waals surface area contributed by atoms with E-state index in [4.69, 9.17) is 4.74 Å². The summed E-state index contributed by atoms with van der Waals surface area (Å²) in [6.45, 7) is 1.70. The van der Waals surface area contributed by atoms with Gasteiger partial charge in [0.1, 0.15) is 6.04 Å².